The highest BCUT2D eigenvalue weighted by Gasteiger charge is 2.28. The van der Waals surface area contributed by atoms with Crippen molar-refractivity contribution in [3.05, 3.63) is 29.8 Å². The van der Waals surface area contributed by atoms with E-state index in [9.17, 15) is 4.79 Å². The summed E-state index contributed by atoms with van der Waals surface area (Å²) in [4.78, 5) is 14.1. The molecule has 5 nitrogen and oxygen atoms in total. The molecule has 1 fully saturated rings. The molecule has 23 heavy (non-hydrogen) atoms. The van der Waals surface area contributed by atoms with Crippen molar-refractivity contribution in [2.75, 3.05) is 18.4 Å². The summed E-state index contributed by atoms with van der Waals surface area (Å²) in [6, 6.07) is 8.02. The molecule has 0 aromatic heterocycles. The highest BCUT2D eigenvalue weighted by atomic mass is 32.1. The predicted molar refractivity (Wildman–Crippen MR) is 96.6 cm³/mol. The van der Waals surface area contributed by atoms with Crippen molar-refractivity contribution < 1.29 is 9.53 Å². The van der Waals surface area contributed by atoms with Gasteiger partial charge in [-0.05, 0) is 63.5 Å². The number of benzene rings is 1. The number of thiocarbonyl (C=S) groups is 1. The monoisotopic (exact) mass is 335 g/mol. The zero-order valence-corrected chi connectivity index (χ0v) is 14.8. The Bertz CT molecular complexity index is 583. The molecule has 2 rings (SSSR count). The van der Waals surface area contributed by atoms with Gasteiger partial charge in [-0.2, -0.15) is 0 Å². The van der Waals surface area contributed by atoms with Crippen LogP contribution >= 0.6 is 12.2 Å². The number of carbonyl (C=O) groups is 1. The first kappa shape index (κ1) is 17.5. The van der Waals surface area contributed by atoms with E-state index < -0.39 is 5.60 Å². The minimum absolute atomic E-state index is 0.236. The van der Waals surface area contributed by atoms with Crippen LogP contribution in [0.4, 0.5) is 10.5 Å². The van der Waals surface area contributed by atoms with Gasteiger partial charge in [0.25, 0.3) is 0 Å². The maximum Gasteiger partial charge on any atom is 0.410 e. The second kappa shape index (κ2) is 7.17. The molecule has 1 amide bonds. The average molecular weight is 335 g/mol. The van der Waals surface area contributed by atoms with Crippen LogP contribution in [0, 0.1) is 0 Å². The van der Waals surface area contributed by atoms with Crippen LogP contribution < -0.4 is 11.1 Å². The Kier molecular flexibility index (Phi) is 5.46. The molecule has 1 aromatic rings. The van der Waals surface area contributed by atoms with Crippen molar-refractivity contribution in [3.8, 4) is 0 Å². The summed E-state index contributed by atoms with van der Waals surface area (Å²) in [6.07, 6.45) is 1.78. The lowest BCUT2D eigenvalue weighted by Crippen LogP contribution is -2.42. The minimum Gasteiger partial charge on any atom is -0.444 e. The largest absolute Gasteiger partial charge is 0.444 e. The number of hydrogen-bond donors (Lipinski definition) is 2. The zero-order chi connectivity index (χ0) is 17.0. The van der Waals surface area contributed by atoms with Gasteiger partial charge in [0, 0.05) is 24.7 Å². The first-order valence-corrected chi connectivity index (χ1v) is 8.30. The fourth-order valence-corrected chi connectivity index (χ4v) is 2.87. The van der Waals surface area contributed by atoms with Crippen LogP contribution in [0.2, 0.25) is 0 Å². The van der Waals surface area contributed by atoms with E-state index in [1.165, 1.54) is 5.56 Å². The second-order valence-electron chi connectivity index (χ2n) is 6.88. The minimum atomic E-state index is -0.468. The number of ether oxygens (including phenoxy) is 1. The van der Waals surface area contributed by atoms with E-state index in [4.69, 9.17) is 22.7 Å². The van der Waals surface area contributed by atoms with E-state index in [0.717, 1.165) is 25.1 Å². The molecular weight excluding hydrogens is 310 g/mol. The van der Waals surface area contributed by atoms with Crippen molar-refractivity contribution >= 4 is 29.1 Å². The molecule has 6 heteroatoms. The number of amides is 1. The van der Waals surface area contributed by atoms with E-state index in [1.54, 1.807) is 4.90 Å². The molecule has 0 bridgehead atoms. The molecule has 1 saturated heterocycles. The number of piperidine rings is 1. The number of nitrogens with one attached hydrogen (secondary N) is 1. The maximum absolute atomic E-state index is 12.3. The fourth-order valence-electron chi connectivity index (χ4n) is 2.75. The smallest absolute Gasteiger partial charge is 0.410 e. The van der Waals surface area contributed by atoms with Gasteiger partial charge < -0.3 is 20.7 Å². The Labute approximate surface area is 143 Å². The van der Waals surface area contributed by atoms with Crippen molar-refractivity contribution in [3.63, 3.8) is 0 Å². The van der Waals surface area contributed by atoms with E-state index in [0.29, 0.717) is 12.5 Å². The highest BCUT2D eigenvalue weighted by Crippen LogP contribution is 2.29. The van der Waals surface area contributed by atoms with Crippen molar-refractivity contribution in [1.29, 1.82) is 0 Å². The SMILES string of the molecule is CC(C)(C)OC(=O)N1CCCC(c2cccc(NC(N)=S)c2)C1. The Hall–Kier alpha value is -1.82. The van der Waals surface area contributed by atoms with Gasteiger partial charge in [0.15, 0.2) is 5.11 Å². The van der Waals surface area contributed by atoms with Crippen LogP contribution in [0.15, 0.2) is 24.3 Å². The Morgan fingerprint density at radius 1 is 1.43 bits per heavy atom. The van der Waals surface area contributed by atoms with Gasteiger partial charge in [-0.25, -0.2) is 4.79 Å². The van der Waals surface area contributed by atoms with Gasteiger partial charge in [-0.3, -0.25) is 0 Å². The number of anilines is 1. The summed E-state index contributed by atoms with van der Waals surface area (Å²) in [5, 5.41) is 3.20. The van der Waals surface area contributed by atoms with Crippen LogP contribution in [-0.2, 0) is 4.74 Å². The van der Waals surface area contributed by atoms with Gasteiger partial charge in [0.2, 0.25) is 0 Å². The molecule has 126 valence electrons. The van der Waals surface area contributed by atoms with Crippen LogP contribution in [0.1, 0.15) is 45.1 Å². The topological polar surface area (TPSA) is 67.6 Å². The standard InChI is InChI=1S/C17H25N3O2S/c1-17(2,3)22-16(21)20-9-5-7-13(11-20)12-6-4-8-14(10-12)19-15(18)23/h4,6,8,10,13H,5,7,9,11H2,1-3H3,(H3,18,19,23). The van der Waals surface area contributed by atoms with Crippen LogP contribution in [0.3, 0.4) is 0 Å². The lowest BCUT2D eigenvalue weighted by Gasteiger charge is -2.34. The first-order valence-electron chi connectivity index (χ1n) is 7.89. The molecule has 1 aromatic carbocycles. The van der Waals surface area contributed by atoms with Crippen molar-refractivity contribution in [1.82, 2.24) is 4.90 Å². The number of rotatable bonds is 2. The van der Waals surface area contributed by atoms with Gasteiger partial charge in [0.05, 0.1) is 0 Å². The van der Waals surface area contributed by atoms with Crippen LogP contribution in [-0.4, -0.2) is 34.8 Å². The summed E-state index contributed by atoms with van der Waals surface area (Å²) in [5.74, 6) is 0.296. The molecular formula is C17H25N3O2S. The molecule has 0 aliphatic carbocycles. The lowest BCUT2D eigenvalue weighted by molar-refractivity contribution is 0.0198. The second-order valence-corrected chi connectivity index (χ2v) is 7.32. The Morgan fingerprint density at radius 2 is 2.17 bits per heavy atom. The first-order chi connectivity index (χ1) is 10.7. The summed E-state index contributed by atoms with van der Waals surface area (Å²) in [6.45, 7) is 7.08. The third kappa shape index (κ3) is 5.39. The number of nitrogens with zero attached hydrogens (tertiary/aromatic N) is 1. The third-order valence-corrected chi connectivity index (χ3v) is 3.80. The van der Waals surface area contributed by atoms with Crippen molar-refractivity contribution in [2.24, 2.45) is 5.73 Å². The zero-order valence-electron chi connectivity index (χ0n) is 14.0. The number of nitrogens with two attached hydrogens (primary N) is 1. The quantitative estimate of drug-likeness (QED) is 0.810. The van der Waals surface area contributed by atoms with Gasteiger partial charge in [-0.15, -0.1) is 0 Å². The van der Waals surface area contributed by atoms with Gasteiger partial charge in [0.1, 0.15) is 5.60 Å². The van der Waals surface area contributed by atoms with Gasteiger partial charge in [-0.1, -0.05) is 12.1 Å². The molecule has 0 radical (unpaired) electrons. The summed E-state index contributed by atoms with van der Waals surface area (Å²) < 4.78 is 5.48. The van der Waals surface area contributed by atoms with Crippen molar-refractivity contribution in [2.45, 2.75) is 45.1 Å². The number of hydrogen-bond acceptors (Lipinski definition) is 3. The normalized spacial score (nSPS) is 18.4. The van der Waals surface area contributed by atoms with Crippen LogP contribution in [0.25, 0.3) is 0 Å². The molecule has 0 saturated carbocycles. The number of carbonyl (C=O) groups excluding carboxylic acids is 1. The average Bonchev–Trinajstić information content (AvgIpc) is 2.45. The van der Waals surface area contributed by atoms with E-state index in [1.807, 2.05) is 39.0 Å². The highest BCUT2D eigenvalue weighted by molar-refractivity contribution is 7.80. The molecule has 1 heterocycles. The maximum atomic E-state index is 12.3. The molecule has 1 unspecified atom stereocenters. The molecule has 3 N–H and O–H groups in total. The fraction of sp³-hybridized carbons (Fsp3) is 0.529. The molecule has 0 spiro atoms. The predicted octanol–water partition coefficient (Wildman–Crippen LogP) is 3.46. The van der Waals surface area contributed by atoms with Gasteiger partial charge >= 0.3 is 6.09 Å². The molecule has 1 atom stereocenters. The summed E-state index contributed by atoms with van der Waals surface area (Å²) >= 11 is 4.88. The third-order valence-electron chi connectivity index (χ3n) is 3.70. The molecule has 1 aliphatic heterocycles. The van der Waals surface area contributed by atoms with E-state index in [2.05, 4.69) is 11.4 Å². The summed E-state index contributed by atoms with van der Waals surface area (Å²) in [5.41, 5.74) is 7.12. The van der Waals surface area contributed by atoms with E-state index in [-0.39, 0.29) is 11.2 Å². The summed E-state index contributed by atoms with van der Waals surface area (Å²) in [7, 11) is 0. The lowest BCUT2D eigenvalue weighted by atomic mass is 9.90. The van der Waals surface area contributed by atoms with E-state index >= 15 is 0 Å². The Morgan fingerprint density at radius 3 is 2.83 bits per heavy atom. The Balaban J connectivity index is 2.06. The van der Waals surface area contributed by atoms with Crippen LogP contribution in [0.5, 0.6) is 0 Å². The number of likely N-dealkylation sites (tertiary alicyclic amines) is 1. The molecule has 1 aliphatic rings.